The van der Waals surface area contributed by atoms with Crippen molar-refractivity contribution in [3.05, 3.63) is 59.4 Å². The van der Waals surface area contributed by atoms with Crippen molar-refractivity contribution in [3.63, 3.8) is 0 Å². The summed E-state index contributed by atoms with van der Waals surface area (Å²) in [7, 11) is 2.06. The first-order valence-electron chi connectivity index (χ1n) is 6.54. The molecule has 1 atom stereocenters. The van der Waals surface area contributed by atoms with Crippen LogP contribution in [0, 0.1) is 6.92 Å². The average molecular weight is 242 g/mol. The number of rotatable bonds is 5. The van der Waals surface area contributed by atoms with Gasteiger partial charge in [0.05, 0.1) is 0 Å². The van der Waals surface area contributed by atoms with Crippen LogP contribution < -0.4 is 5.32 Å². The molecule has 96 valence electrons. The number of nitrogens with zero attached hydrogens (tertiary/aromatic N) is 1. The summed E-state index contributed by atoms with van der Waals surface area (Å²) in [5.74, 6) is 0. The Morgan fingerprint density at radius 1 is 1.22 bits per heavy atom. The lowest BCUT2D eigenvalue weighted by Gasteiger charge is -2.14. The number of aromatic nitrogens is 1. The Kier molecular flexibility index (Phi) is 4.21. The number of aryl methyl sites for hydroxylation is 2. The molecule has 0 amide bonds. The standard InChI is InChI=1S/C16H22N2/c1-13-6-4-5-7-16(13)10-14(2)17-11-15-8-9-18(3)12-15/h4-9,12,14,17H,10-11H2,1-3H3. The molecule has 2 rings (SSSR count). The van der Waals surface area contributed by atoms with Gasteiger partial charge < -0.3 is 9.88 Å². The first-order valence-corrected chi connectivity index (χ1v) is 6.54. The molecule has 18 heavy (non-hydrogen) atoms. The zero-order valence-corrected chi connectivity index (χ0v) is 11.5. The van der Waals surface area contributed by atoms with Crippen LogP contribution >= 0.6 is 0 Å². The summed E-state index contributed by atoms with van der Waals surface area (Å²) in [6.07, 6.45) is 5.33. The van der Waals surface area contributed by atoms with Crippen LogP contribution in [0.4, 0.5) is 0 Å². The lowest BCUT2D eigenvalue weighted by atomic mass is 10.0. The van der Waals surface area contributed by atoms with Crippen LogP contribution in [0.5, 0.6) is 0 Å². The van der Waals surface area contributed by atoms with Crippen LogP contribution in [0.1, 0.15) is 23.6 Å². The summed E-state index contributed by atoms with van der Waals surface area (Å²) in [6.45, 7) is 5.36. The highest BCUT2D eigenvalue weighted by molar-refractivity contribution is 5.26. The van der Waals surface area contributed by atoms with Gasteiger partial charge in [0.1, 0.15) is 0 Å². The second kappa shape index (κ2) is 5.87. The van der Waals surface area contributed by atoms with E-state index in [4.69, 9.17) is 0 Å². The van der Waals surface area contributed by atoms with Crippen molar-refractivity contribution in [2.45, 2.75) is 32.9 Å². The van der Waals surface area contributed by atoms with E-state index in [0.717, 1.165) is 13.0 Å². The van der Waals surface area contributed by atoms with Gasteiger partial charge in [-0.25, -0.2) is 0 Å². The molecule has 0 fully saturated rings. The molecule has 2 aromatic rings. The van der Waals surface area contributed by atoms with E-state index < -0.39 is 0 Å². The maximum Gasteiger partial charge on any atom is 0.0223 e. The molecule has 0 aliphatic heterocycles. The molecular weight excluding hydrogens is 220 g/mol. The van der Waals surface area contributed by atoms with Gasteiger partial charge in [0.15, 0.2) is 0 Å². The van der Waals surface area contributed by atoms with E-state index >= 15 is 0 Å². The Balaban J connectivity index is 1.85. The predicted molar refractivity (Wildman–Crippen MR) is 76.6 cm³/mol. The molecule has 0 radical (unpaired) electrons. The molecule has 0 bridgehead atoms. The molecule has 0 spiro atoms. The lowest BCUT2D eigenvalue weighted by molar-refractivity contribution is 0.544. The van der Waals surface area contributed by atoms with Gasteiger partial charge in [0.25, 0.3) is 0 Å². The first-order chi connectivity index (χ1) is 8.65. The highest BCUT2D eigenvalue weighted by Crippen LogP contribution is 2.10. The van der Waals surface area contributed by atoms with Gasteiger partial charge in [0, 0.05) is 32.0 Å². The van der Waals surface area contributed by atoms with E-state index in [9.17, 15) is 0 Å². The molecule has 2 nitrogen and oxygen atoms in total. The summed E-state index contributed by atoms with van der Waals surface area (Å²) in [5, 5.41) is 3.57. The zero-order valence-electron chi connectivity index (χ0n) is 11.5. The van der Waals surface area contributed by atoms with Crippen LogP contribution in [-0.4, -0.2) is 10.6 Å². The van der Waals surface area contributed by atoms with Crippen molar-refractivity contribution >= 4 is 0 Å². The third-order valence-electron chi connectivity index (χ3n) is 3.34. The summed E-state index contributed by atoms with van der Waals surface area (Å²) in [6, 6.07) is 11.3. The number of benzene rings is 1. The molecule has 1 unspecified atom stereocenters. The van der Waals surface area contributed by atoms with Crippen molar-refractivity contribution in [1.29, 1.82) is 0 Å². The third kappa shape index (κ3) is 3.47. The van der Waals surface area contributed by atoms with Gasteiger partial charge >= 0.3 is 0 Å². The van der Waals surface area contributed by atoms with Gasteiger partial charge in [-0.05, 0) is 43.0 Å². The molecule has 1 aromatic carbocycles. The topological polar surface area (TPSA) is 17.0 Å². The Labute approximate surface area is 110 Å². The van der Waals surface area contributed by atoms with E-state index in [0.29, 0.717) is 6.04 Å². The second-order valence-electron chi connectivity index (χ2n) is 5.10. The molecule has 0 aliphatic rings. The SMILES string of the molecule is Cc1ccccc1CC(C)NCc1ccn(C)c1. The van der Waals surface area contributed by atoms with Crippen LogP contribution in [0.15, 0.2) is 42.7 Å². The summed E-state index contributed by atoms with van der Waals surface area (Å²) in [4.78, 5) is 0. The van der Waals surface area contributed by atoms with E-state index in [-0.39, 0.29) is 0 Å². The van der Waals surface area contributed by atoms with Crippen molar-refractivity contribution in [1.82, 2.24) is 9.88 Å². The van der Waals surface area contributed by atoms with Crippen LogP contribution in [0.2, 0.25) is 0 Å². The van der Waals surface area contributed by atoms with Crippen molar-refractivity contribution in [3.8, 4) is 0 Å². The zero-order chi connectivity index (χ0) is 13.0. The summed E-state index contributed by atoms with van der Waals surface area (Å²) in [5.41, 5.74) is 4.16. The minimum absolute atomic E-state index is 0.492. The van der Waals surface area contributed by atoms with E-state index in [2.05, 4.69) is 73.5 Å². The quantitative estimate of drug-likeness (QED) is 0.852. The Morgan fingerprint density at radius 2 is 2.00 bits per heavy atom. The lowest BCUT2D eigenvalue weighted by Crippen LogP contribution is -2.27. The fourth-order valence-corrected chi connectivity index (χ4v) is 2.20. The van der Waals surface area contributed by atoms with Crippen LogP contribution in [-0.2, 0) is 20.0 Å². The highest BCUT2D eigenvalue weighted by atomic mass is 14.9. The van der Waals surface area contributed by atoms with Crippen LogP contribution in [0.3, 0.4) is 0 Å². The van der Waals surface area contributed by atoms with Gasteiger partial charge in [-0.3, -0.25) is 0 Å². The predicted octanol–water partition coefficient (Wildman–Crippen LogP) is 3.05. The normalized spacial score (nSPS) is 12.6. The molecule has 0 saturated heterocycles. The molecule has 1 aromatic heterocycles. The monoisotopic (exact) mass is 242 g/mol. The maximum atomic E-state index is 3.57. The molecule has 1 N–H and O–H groups in total. The molecule has 2 heteroatoms. The van der Waals surface area contributed by atoms with Crippen LogP contribution in [0.25, 0.3) is 0 Å². The van der Waals surface area contributed by atoms with E-state index in [1.54, 1.807) is 0 Å². The largest absolute Gasteiger partial charge is 0.357 e. The van der Waals surface area contributed by atoms with Gasteiger partial charge in [-0.2, -0.15) is 0 Å². The minimum Gasteiger partial charge on any atom is -0.357 e. The first kappa shape index (κ1) is 12.9. The average Bonchev–Trinajstić information content (AvgIpc) is 2.76. The highest BCUT2D eigenvalue weighted by Gasteiger charge is 2.05. The minimum atomic E-state index is 0.492. The van der Waals surface area contributed by atoms with Gasteiger partial charge in [-0.15, -0.1) is 0 Å². The van der Waals surface area contributed by atoms with Gasteiger partial charge in [0.2, 0.25) is 0 Å². The van der Waals surface area contributed by atoms with E-state index in [1.807, 2.05) is 0 Å². The van der Waals surface area contributed by atoms with E-state index in [1.165, 1.54) is 16.7 Å². The Hall–Kier alpha value is -1.54. The Bertz CT molecular complexity index is 499. The number of hydrogen-bond donors (Lipinski definition) is 1. The molecule has 1 heterocycles. The maximum absolute atomic E-state index is 3.57. The number of nitrogens with one attached hydrogen (secondary N) is 1. The van der Waals surface area contributed by atoms with Crippen molar-refractivity contribution in [2.24, 2.45) is 7.05 Å². The fourth-order valence-electron chi connectivity index (χ4n) is 2.20. The van der Waals surface area contributed by atoms with Crippen molar-refractivity contribution < 1.29 is 0 Å². The summed E-state index contributed by atoms with van der Waals surface area (Å²) < 4.78 is 2.09. The molecule has 0 saturated carbocycles. The summed E-state index contributed by atoms with van der Waals surface area (Å²) >= 11 is 0. The Morgan fingerprint density at radius 3 is 2.67 bits per heavy atom. The second-order valence-corrected chi connectivity index (χ2v) is 5.10. The third-order valence-corrected chi connectivity index (χ3v) is 3.34. The molecular formula is C16H22N2. The fraction of sp³-hybridized carbons (Fsp3) is 0.375. The number of hydrogen-bond acceptors (Lipinski definition) is 1. The van der Waals surface area contributed by atoms with Crippen molar-refractivity contribution in [2.75, 3.05) is 0 Å². The van der Waals surface area contributed by atoms with Gasteiger partial charge in [-0.1, -0.05) is 24.3 Å². The smallest absolute Gasteiger partial charge is 0.0223 e. The molecule has 0 aliphatic carbocycles.